The zero-order valence-electron chi connectivity index (χ0n) is 13.0. The van der Waals surface area contributed by atoms with E-state index in [9.17, 15) is 14.4 Å². The molecule has 0 aromatic heterocycles. The van der Waals surface area contributed by atoms with Crippen molar-refractivity contribution in [1.82, 2.24) is 9.80 Å². The highest BCUT2D eigenvalue weighted by atomic mass is 35.5. The molecule has 6 nitrogen and oxygen atoms in total. The molecule has 7 heteroatoms. The van der Waals surface area contributed by atoms with Crippen molar-refractivity contribution < 1.29 is 19.1 Å². The lowest BCUT2D eigenvalue weighted by Gasteiger charge is -2.35. The normalized spacial score (nSPS) is 14.5. The first kappa shape index (κ1) is 17.3. The molecule has 1 aromatic carbocycles. The van der Waals surface area contributed by atoms with Crippen molar-refractivity contribution in [2.45, 2.75) is 12.8 Å². The Morgan fingerprint density at radius 3 is 2.26 bits per heavy atom. The van der Waals surface area contributed by atoms with Gasteiger partial charge in [0.2, 0.25) is 5.91 Å². The Labute approximate surface area is 139 Å². The summed E-state index contributed by atoms with van der Waals surface area (Å²) in [7, 11) is 1.30. The number of methoxy groups -OCH3 is 1. The molecule has 0 N–H and O–H groups in total. The first-order chi connectivity index (χ1) is 11.0. The summed E-state index contributed by atoms with van der Waals surface area (Å²) in [6, 6.07) is 6.92. The van der Waals surface area contributed by atoms with E-state index in [2.05, 4.69) is 4.74 Å². The Morgan fingerprint density at radius 2 is 1.65 bits per heavy atom. The van der Waals surface area contributed by atoms with Crippen molar-refractivity contribution in [1.29, 1.82) is 0 Å². The lowest BCUT2D eigenvalue weighted by molar-refractivity contribution is -0.143. The first-order valence-electron chi connectivity index (χ1n) is 7.41. The molecule has 1 aliphatic heterocycles. The van der Waals surface area contributed by atoms with Gasteiger partial charge in [0.25, 0.3) is 5.91 Å². The third kappa shape index (κ3) is 4.45. The van der Waals surface area contributed by atoms with Crippen LogP contribution in [-0.4, -0.2) is 60.9 Å². The smallest absolute Gasteiger partial charge is 0.306 e. The number of esters is 1. The highest BCUT2D eigenvalue weighted by Crippen LogP contribution is 2.18. The van der Waals surface area contributed by atoms with Gasteiger partial charge >= 0.3 is 5.97 Å². The quantitative estimate of drug-likeness (QED) is 0.782. The summed E-state index contributed by atoms with van der Waals surface area (Å²) in [5.41, 5.74) is 0.472. The number of rotatable bonds is 4. The highest BCUT2D eigenvalue weighted by molar-refractivity contribution is 6.33. The molecule has 0 radical (unpaired) electrons. The van der Waals surface area contributed by atoms with Gasteiger partial charge in [-0.25, -0.2) is 0 Å². The second kappa shape index (κ2) is 7.97. The molecule has 0 spiro atoms. The summed E-state index contributed by atoms with van der Waals surface area (Å²) >= 11 is 6.05. The van der Waals surface area contributed by atoms with Gasteiger partial charge in [-0.3, -0.25) is 14.4 Å². The van der Waals surface area contributed by atoms with Gasteiger partial charge < -0.3 is 14.5 Å². The molecule has 0 atom stereocenters. The summed E-state index contributed by atoms with van der Waals surface area (Å²) < 4.78 is 4.52. The fourth-order valence-corrected chi connectivity index (χ4v) is 2.65. The number of hydrogen-bond acceptors (Lipinski definition) is 4. The van der Waals surface area contributed by atoms with Crippen LogP contribution in [0.4, 0.5) is 0 Å². The molecule has 0 saturated carbocycles. The molecular weight excluding hydrogens is 320 g/mol. The number of benzene rings is 1. The van der Waals surface area contributed by atoms with E-state index in [1.807, 2.05) is 0 Å². The Bertz CT molecular complexity index is 597. The molecule has 124 valence electrons. The maximum Gasteiger partial charge on any atom is 0.306 e. The molecule has 1 saturated heterocycles. The van der Waals surface area contributed by atoms with Crippen molar-refractivity contribution in [3.8, 4) is 0 Å². The molecule has 0 unspecified atom stereocenters. The van der Waals surface area contributed by atoms with Crippen LogP contribution in [0.5, 0.6) is 0 Å². The number of amides is 2. The fourth-order valence-electron chi connectivity index (χ4n) is 2.43. The minimum absolute atomic E-state index is 0.0775. The predicted octanol–water partition coefficient (Wildman–Crippen LogP) is 1.58. The number of ether oxygens (including phenoxy) is 1. The molecule has 1 aliphatic rings. The molecule has 23 heavy (non-hydrogen) atoms. The van der Waals surface area contributed by atoms with Crippen molar-refractivity contribution in [3.05, 3.63) is 34.9 Å². The average molecular weight is 339 g/mol. The van der Waals surface area contributed by atoms with Crippen molar-refractivity contribution >= 4 is 29.4 Å². The minimum Gasteiger partial charge on any atom is -0.469 e. The summed E-state index contributed by atoms with van der Waals surface area (Å²) in [6.45, 7) is 1.81. The molecule has 1 heterocycles. The second-order valence-corrected chi connectivity index (χ2v) is 5.64. The zero-order chi connectivity index (χ0) is 16.8. The van der Waals surface area contributed by atoms with Crippen molar-refractivity contribution in [2.75, 3.05) is 33.3 Å². The van der Waals surface area contributed by atoms with Gasteiger partial charge in [0.15, 0.2) is 0 Å². The van der Waals surface area contributed by atoms with E-state index in [0.717, 1.165) is 0 Å². The van der Waals surface area contributed by atoms with Crippen LogP contribution in [-0.2, 0) is 14.3 Å². The lowest BCUT2D eigenvalue weighted by atomic mass is 10.1. The molecule has 1 fully saturated rings. The standard InChI is InChI=1S/C16H19ClN2O4/c1-23-15(21)7-6-14(20)18-8-10-19(11-9-18)16(22)12-4-2-3-5-13(12)17/h2-5H,6-11H2,1H3. The van der Waals surface area contributed by atoms with E-state index < -0.39 is 5.97 Å². The van der Waals surface area contributed by atoms with Gasteiger partial charge in [0.05, 0.1) is 24.1 Å². The van der Waals surface area contributed by atoms with Crippen LogP contribution in [0.1, 0.15) is 23.2 Å². The van der Waals surface area contributed by atoms with Gasteiger partial charge in [-0.05, 0) is 12.1 Å². The molecule has 2 amide bonds. The summed E-state index contributed by atoms with van der Waals surface area (Å²) in [5, 5.41) is 0.425. The average Bonchev–Trinajstić information content (AvgIpc) is 2.59. The first-order valence-corrected chi connectivity index (χ1v) is 7.79. The van der Waals surface area contributed by atoms with Gasteiger partial charge in [0, 0.05) is 32.6 Å². The number of carbonyl (C=O) groups is 3. The number of halogens is 1. The third-order valence-electron chi connectivity index (χ3n) is 3.79. The van der Waals surface area contributed by atoms with Gasteiger partial charge in [-0.1, -0.05) is 23.7 Å². The predicted molar refractivity (Wildman–Crippen MR) is 85.2 cm³/mol. The molecule has 1 aromatic rings. The summed E-state index contributed by atoms with van der Waals surface area (Å²) in [5.74, 6) is -0.622. The molecule has 0 bridgehead atoms. The zero-order valence-corrected chi connectivity index (χ0v) is 13.7. The van der Waals surface area contributed by atoms with Crippen LogP contribution < -0.4 is 0 Å². The SMILES string of the molecule is COC(=O)CCC(=O)N1CCN(C(=O)c2ccccc2Cl)CC1. The van der Waals surface area contributed by atoms with Crippen LogP contribution in [0.25, 0.3) is 0 Å². The molecule has 2 rings (SSSR count). The maximum absolute atomic E-state index is 12.4. The molecular formula is C16H19ClN2O4. The van der Waals surface area contributed by atoms with E-state index in [0.29, 0.717) is 36.8 Å². The topological polar surface area (TPSA) is 66.9 Å². The lowest BCUT2D eigenvalue weighted by Crippen LogP contribution is -2.50. The monoisotopic (exact) mass is 338 g/mol. The fraction of sp³-hybridized carbons (Fsp3) is 0.438. The van der Waals surface area contributed by atoms with E-state index in [1.54, 1.807) is 34.1 Å². The minimum atomic E-state index is -0.397. The Hall–Kier alpha value is -2.08. The maximum atomic E-state index is 12.4. The Kier molecular flexibility index (Phi) is 5.98. The van der Waals surface area contributed by atoms with Gasteiger partial charge in [0.1, 0.15) is 0 Å². The third-order valence-corrected chi connectivity index (χ3v) is 4.12. The Balaban J connectivity index is 1.86. The van der Waals surface area contributed by atoms with Gasteiger partial charge in [-0.15, -0.1) is 0 Å². The van der Waals surface area contributed by atoms with E-state index >= 15 is 0 Å². The van der Waals surface area contributed by atoms with Crippen molar-refractivity contribution in [3.63, 3.8) is 0 Å². The van der Waals surface area contributed by atoms with Crippen LogP contribution in [0.3, 0.4) is 0 Å². The summed E-state index contributed by atoms with van der Waals surface area (Å²) in [6.07, 6.45) is 0.208. The van der Waals surface area contributed by atoms with Crippen LogP contribution in [0.2, 0.25) is 5.02 Å². The van der Waals surface area contributed by atoms with E-state index in [-0.39, 0.29) is 24.7 Å². The van der Waals surface area contributed by atoms with Crippen LogP contribution in [0.15, 0.2) is 24.3 Å². The highest BCUT2D eigenvalue weighted by Gasteiger charge is 2.25. The van der Waals surface area contributed by atoms with E-state index in [1.165, 1.54) is 7.11 Å². The number of hydrogen-bond donors (Lipinski definition) is 0. The number of carbonyl (C=O) groups excluding carboxylic acids is 3. The number of nitrogens with zero attached hydrogens (tertiary/aromatic N) is 2. The largest absolute Gasteiger partial charge is 0.469 e. The second-order valence-electron chi connectivity index (χ2n) is 5.23. The Morgan fingerprint density at radius 1 is 1.04 bits per heavy atom. The number of piperazine rings is 1. The van der Waals surface area contributed by atoms with Crippen molar-refractivity contribution in [2.24, 2.45) is 0 Å². The van der Waals surface area contributed by atoms with Gasteiger partial charge in [-0.2, -0.15) is 0 Å². The molecule has 0 aliphatic carbocycles. The van der Waals surface area contributed by atoms with E-state index in [4.69, 9.17) is 11.6 Å². The van der Waals surface area contributed by atoms with Crippen LogP contribution >= 0.6 is 11.6 Å². The van der Waals surface area contributed by atoms with Crippen LogP contribution in [0, 0.1) is 0 Å². The summed E-state index contributed by atoms with van der Waals surface area (Å²) in [4.78, 5) is 38.9.